The van der Waals surface area contributed by atoms with Gasteiger partial charge in [-0.25, -0.2) is 0 Å². The molecule has 0 fully saturated rings. The second kappa shape index (κ2) is 8.12. The van der Waals surface area contributed by atoms with Crippen LogP contribution in [-0.4, -0.2) is 30.4 Å². The van der Waals surface area contributed by atoms with Crippen molar-refractivity contribution >= 4 is 28.9 Å². The molecule has 0 spiro atoms. The summed E-state index contributed by atoms with van der Waals surface area (Å²) in [6.45, 7) is 8.55. The number of nitrogens with one attached hydrogen (secondary N) is 1. The van der Waals surface area contributed by atoms with E-state index in [1.165, 1.54) is 0 Å². The lowest BCUT2D eigenvalue weighted by molar-refractivity contribution is -0.117. The first kappa shape index (κ1) is 16.8. The van der Waals surface area contributed by atoms with E-state index >= 15 is 0 Å². The highest BCUT2D eigenvalue weighted by molar-refractivity contribution is 6.31. The number of rotatable bonds is 7. The highest BCUT2D eigenvalue weighted by atomic mass is 35.5. The van der Waals surface area contributed by atoms with Crippen LogP contribution in [-0.2, 0) is 4.79 Å². The molecule has 0 saturated heterocycles. The summed E-state index contributed by atoms with van der Waals surface area (Å²) in [5.41, 5.74) is 6.91. The van der Waals surface area contributed by atoms with Gasteiger partial charge in [-0.15, -0.1) is 0 Å². The maximum absolute atomic E-state index is 12.1. The average Bonchev–Trinajstić information content (AvgIpc) is 2.41. The van der Waals surface area contributed by atoms with Crippen LogP contribution in [0, 0.1) is 5.92 Å². The summed E-state index contributed by atoms with van der Waals surface area (Å²) in [6, 6.07) is 5.06. The Balaban J connectivity index is 2.59. The minimum atomic E-state index is -0.0656. The number of amides is 1. The topological polar surface area (TPSA) is 58.4 Å². The third kappa shape index (κ3) is 5.39. The highest BCUT2D eigenvalue weighted by Gasteiger charge is 2.13. The van der Waals surface area contributed by atoms with Crippen molar-refractivity contribution in [3.8, 4) is 0 Å². The molecule has 5 heteroatoms. The molecular weight excluding hydrogens is 274 g/mol. The second-order valence-electron chi connectivity index (χ2n) is 5.12. The lowest BCUT2D eigenvalue weighted by Crippen LogP contribution is -2.36. The van der Waals surface area contributed by atoms with Gasteiger partial charge < -0.3 is 11.1 Å². The van der Waals surface area contributed by atoms with Crippen molar-refractivity contribution in [2.45, 2.75) is 27.2 Å². The van der Waals surface area contributed by atoms with Crippen molar-refractivity contribution in [2.75, 3.05) is 30.7 Å². The fraction of sp³-hybridized carbons (Fsp3) is 0.533. The van der Waals surface area contributed by atoms with Crippen LogP contribution in [0.4, 0.5) is 11.4 Å². The van der Waals surface area contributed by atoms with Crippen molar-refractivity contribution in [1.29, 1.82) is 0 Å². The monoisotopic (exact) mass is 297 g/mol. The zero-order valence-corrected chi connectivity index (χ0v) is 13.2. The van der Waals surface area contributed by atoms with E-state index in [1.54, 1.807) is 18.2 Å². The lowest BCUT2D eigenvalue weighted by atomic mass is 10.1. The largest absolute Gasteiger partial charge is 0.397 e. The maximum atomic E-state index is 12.1. The van der Waals surface area contributed by atoms with Gasteiger partial charge in [0.1, 0.15) is 0 Å². The van der Waals surface area contributed by atoms with Crippen LogP contribution >= 0.6 is 11.6 Å². The van der Waals surface area contributed by atoms with Crippen LogP contribution in [0.2, 0.25) is 5.02 Å². The molecule has 1 rings (SSSR count). The zero-order valence-electron chi connectivity index (χ0n) is 12.4. The highest BCUT2D eigenvalue weighted by Crippen LogP contribution is 2.22. The van der Waals surface area contributed by atoms with E-state index < -0.39 is 0 Å². The smallest absolute Gasteiger partial charge is 0.238 e. The van der Waals surface area contributed by atoms with Gasteiger partial charge >= 0.3 is 0 Å². The number of nitrogens with zero attached hydrogens (tertiary/aromatic N) is 1. The lowest BCUT2D eigenvalue weighted by Gasteiger charge is -2.23. The molecule has 20 heavy (non-hydrogen) atoms. The van der Waals surface area contributed by atoms with Gasteiger partial charge in [0.2, 0.25) is 5.91 Å². The first-order valence-electron chi connectivity index (χ1n) is 7.03. The minimum Gasteiger partial charge on any atom is -0.397 e. The van der Waals surface area contributed by atoms with Gasteiger partial charge in [0.25, 0.3) is 0 Å². The van der Waals surface area contributed by atoms with Crippen LogP contribution in [0.25, 0.3) is 0 Å². The van der Waals surface area contributed by atoms with Crippen LogP contribution in [0.3, 0.4) is 0 Å². The molecule has 3 N–H and O–H groups in total. The van der Waals surface area contributed by atoms with E-state index in [-0.39, 0.29) is 5.91 Å². The predicted molar refractivity (Wildman–Crippen MR) is 86.1 cm³/mol. The van der Waals surface area contributed by atoms with Crippen molar-refractivity contribution in [3.05, 3.63) is 23.2 Å². The molecule has 4 nitrogen and oxygen atoms in total. The first-order chi connectivity index (χ1) is 9.46. The molecule has 1 unspecified atom stereocenters. The van der Waals surface area contributed by atoms with Crippen LogP contribution in [0.15, 0.2) is 18.2 Å². The number of nitrogen functional groups attached to an aromatic ring is 1. The predicted octanol–water partition coefficient (Wildman–Crippen LogP) is 3.23. The van der Waals surface area contributed by atoms with Gasteiger partial charge in [-0.1, -0.05) is 38.8 Å². The van der Waals surface area contributed by atoms with Gasteiger partial charge in [-0.2, -0.15) is 0 Å². The molecule has 1 aromatic carbocycles. The molecule has 0 saturated carbocycles. The first-order valence-corrected chi connectivity index (χ1v) is 7.41. The number of halogens is 1. The van der Waals surface area contributed by atoms with Gasteiger partial charge in [0, 0.05) is 11.6 Å². The van der Waals surface area contributed by atoms with Gasteiger partial charge in [0.15, 0.2) is 0 Å². The second-order valence-corrected chi connectivity index (χ2v) is 5.56. The Morgan fingerprint density at radius 3 is 2.75 bits per heavy atom. The molecule has 0 aromatic heterocycles. The number of carbonyl (C=O) groups is 1. The van der Waals surface area contributed by atoms with Gasteiger partial charge in [-0.3, -0.25) is 9.69 Å². The fourth-order valence-corrected chi connectivity index (χ4v) is 2.08. The maximum Gasteiger partial charge on any atom is 0.238 e. The molecule has 0 heterocycles. The van der Waals surface area contributed by atoms with Crippen molar-refractivity contribution in [3.63, 3.8) is 0 Å². The Morgan fingerprint density at radius 2 is 2.15 bits per heavy atom. The molecule has 0 radical (unpaired) electrons. The van der Waals surface area contributed by atoms with E-state index in [9.17, 15) is 4.79 Å². The summed E-state index contributed by atoms with van der Waals surface area (Å²) in [6.07, 6.45) is 1.11. The van der Waals surface area contributed by atoms with E-state index in [2.05, 4.69) is 31.0 Å². The summed E-state index contributed by atoms with van der Waals surface area (Å²) >= 11 is 5.90. The Labute approximate surface area is 126 Å². The normalized spacial score (nSPS) is 12.4. The van der Waals surface area contributed by atoms with E-state index in [0.29, 0.717) is 28.9 Å². The quantitative estimate of drug-likeness (QED) is 0.760. The Morgan fingerprint density at radius 1 is 1.45 bits per heavy atom. The number of hydrogen-bond donors (Lipinski definition) is 2. The third-order valence-electron chi connectivity index (χ3n) is 3.37. The molecule has 112 valence electrons. The van der Waals surface area contributed by atoms with Gasteiger partial charge in [0.05, 0.1) is 17.9 Å². The molecule has 0 bridgehead atoms. The summed E-state index contributed by atoms with van der Waals surface area (Å²) in [5.74, 6) is 0.517. The number of likely N-dealkylation sites (N-methyl/N-ethyl adjacent to an activating group) is 1. The molecule has 0 aliphatic carbocycles. The molecule has 1 atom stereocenters. The fourth-order valence-electron chi connectivity index (χ4n) is 1.90. The Hall–Kier alpha value is -1.26. The van der Waals surface area contributed by atoms with Crippen LogP contribution in [0.1, 0.15) is 27.2 Å². The summed E-state index contributed by atoms with van der Waals surface area (Å²) in [4.78, 5) is 14.2. The van der Waals surface area contributed by atoms with E-state index in [4.69, 9.17) is 17.3 Å². The number of carbonyl (C=O) groups excluding carboxylic acids is 1. The summed E-state index contributed by atoms with van der Waals surface area (Å²) in [7, 11) is 0. The zero-order chi connectivity index (χ0) is 15.1. The number of benzene rings is 1. The van der Waals surface area contributed by atoms with Crippen molar-refractivity contribution < 1.29 is 4.79 Å². The SMILES string of the molecule is CCC(C)CN(CC)CC(=O)Nc1cc(Cl)ccc1N. The molecule has 0 aliphatic rings. The summed E-state index contributed by atoms with van der Waals surface area (Å²) in [5, 5.41) is 3.37. The third-order valence-corrected chi connectivity index (χ3v) is 3.61. The minimum absolute atomic E-state index is 0.0656. The van der Waals surface area contributed by atoms with Crippen LogP contribution < -0.4 is 11.1 Å². The van der Waals surface area contributed by atoms with Crippen molar-refractivity contribution in [1.82, 2.24) is 4.90 Å². The standard InChI is InChI=1S/C15H24ClN3O/c1-4-11(3)9-19(5-2)10-15(20)18-14-8-12(16)6-7-13(14)17/h6-8,11H,4-5,9-10,17H2,1-3H3,(H,18,20). The number of nitrogens with two attached hydrogens (primary N) is 1. The summed E-state index contributed by atoms with van der Waals surface area (Å²) < 4.78 is 0. The molecule has 1 amide bonds. The van der Waals surface area contributed by atoms with Crippen molar-refractivity contribution in [2.24, 2.45) is 5.92 Å². The molecule has 0 aliphatic heterocycles. The average molecular weight is 298 g/mol. The number of anilines is 2. The Bertz CT molecular complexity index is 451. The number of hydrogen-bond acceptors (Lipinski definition) is 3. The van der Waals surface area contributed by atoms with Gasteiger partial charge in [-0.05, 0) is 30.7 Å². The van der Waals surface area contributed by atoms with E-state index in [1.807, 2.05) is 0 Å². The Kier molecular flexibility index (Phi) is 6.82. The van der Waals surface area contributed by atoms with E-state index in [0.717, 1.165) is 19.5 Å². The molecule has 1 aromatic rings. The van der Waals surface area contributed by atoms with Crippen LogP contribution in [0.5, 0.6) is 0 Å². The molecular formula is C15H24ClN3O.